The van der Waals surface area contributed by atoms with E-state index in [1.165, 1.54) is 22.3 Å². The van der Waals surface area contributed by atoms with Gasteiger partial charge in [-0.05, 0) is 24.1 Å². The maximum absolute atomic E-state index is 5.39. The molecule has 0 bridgehead atoms. The molecule has 0 unspecified atom stereocenters. The SMILES string of the molecule is Cc1cccc(-c2cncc(CN3CCOCC3)c2)c1. The summed E-state index contributed by atoms with van der Waals surface area (Å²) >= 11 is 0. The molecule has 0 saturated carbocycles. The highest BCUT2D eigenvalue weighted by Crippen LogP contribution is 2.21. The first-order chi connectivity index (χ1) is 9.81. The molecule has 1 aliphatic heterocycles. The van der Waals surface area contributed by atoms with Crippen LogP contribution >= 0.6 is 0 Å². The monoisotopic (exact) mass is 268 g/mol. The largest absolute Gasteiger partial charge is 0.379 e. The fourth-order valence-corrected chi connectivity index (χ4v) is 2.57. The second kappa shape index (κ2) is 6.16. The van der Waals surface area contributed by atoms with E-state index in [1.54, 1.807) is 0 Å². The molecule has 1 aromatic heterocycles. The van der Waals surface area contributed by atoms with Gasteiger partial charge in [-0.15, -0.1) is 0 Å². The third-order valence-electron chi connectivity index (χ3n) is 3.66. The molecule has 1 fully saturated rings. The lowest BCUT2D eigenvalue weighted by atomic mass is 10.0. The molecule has 2 heterocycles. The van der Waals surface area contributed by atoms with Crippen molar-refractivity contribution < 1.29 is 4.74 Å². The summed E-state index contributed by atoms with van der Waals surface area (Å²) in [6.07, 6.45) is 3.91. The molecular formula is C17H20N2O. The average molecular weight is 268 g/mol. The number of hydrogen-bond donors (Lipinski definition) is 0. The zero-order valence-corrected chi connectivity index (χ0v) is 11.9. The van der Waals surface area contributed by atoms with Crippen LogP contribution in [0.4, 0.5) is 0 Å². The van der Waals surface area contributed by atoms with Gasteiger partial charge in [-0.2, -0.15) is 0 Å². The van der Waals surface area contributed by atoms with Gasteiger partial charge in [0.15, 0.2) is 0 Å². The Bertz CT molecular complexity index is 577. The van der Waals surface area contributed by atoms with Gasteiger partial charge in [-0.3, -0.25) is 9.88 Å². The maximum Gasteiger partial charge on any atom is 0.0594 e. The van der Waals surface area contributed by atoms with Crippen LogP contribution < -0.4 is 0 Å². The molecule has 3 nitrogen and oxygen atoms in total. The minimum atomic E-state index is 0.838. The Hall–Kier alpha value is -1.71. The molecule has 0 atom stereocenters. The topological polar surface area (TPSA) is 25.4 Å². The third kappa shape index (κ3) is 3.24. The summed E-state index contributed by atoms with van der Waals surface area (Å²) in [7, 11) is 0. The predicted molar refractivity (Wildman–Crippen MR) is 80.5 cm³/mol. The van der Waals surface area contributed by atoms with Crippen LogP contribution in [0.3, 0.4) is 0 Å². The Labute approximate surface area is 120 Å². The molecule has 3 heteroatoms. The molecule has 3 rings (SSSR count). The van der Waals surface area contributed by atoms with Crippen LogP contribution in [-0.4, -0.2) is 36.2 Å². The first-order valence-corrected chi connectivity index (χ1v) is 7.12. The number of aryl methyl sites for hydroxylation is 1. The number of benzene rings is 1. The third-order valence-corrected chi connectivity index (χ3v) is 3.66. The van der Waals surface area contributed by atoms with E-state index in [4.69, 9.17) is 4.74 Å². The van der Waals surface area contributed by atoms with Gasteiger partial charge < -0.3 is 4.74 Å². The van der Waals surface area contributed by atoms with Crippen LogP contribution in [0.5, 0.6) is 0 Å². The minimum absolute atomic E-state index is 0.838. The number of rotatable bonds is 3. The van der Waals surface area contributed by atoms with E-state index in [9.17, 15) is 0 Å². The standard InChI is InChI=1S/C17H20N2O/c1-14-3-2-4-16(9-14)17-10-15(11-18-12-17)13-19-5-7-20-8-6-19/h2-4,9-12H,5-8,13H2,1H3. The van der Waals surface area contributed by atoms with Crippen LogP contribution in [0, 0.1) is 6.92 Å². The van der Waals surface area contributed by atoms with Gasteiger partial charge in [0.25, 0.3) is 0 Å². The zero-order valence-electron chi connectivity index (χ0n) is 11.9. The van der Waals surface area contributed by atoms with Crippen molar-refractivity contribution in [3.63, 3.8) is 0 Å². The summed E-state index contributed by atoms with van der Waals surface area (Å²) in [4.78, 5) is 6.82. The van der Waals surface area contributed by atoms with Gasteiger partial charge in [0.1, 0.15) is 0 Å². The van der Waals surface area contributed by atoms with Gasteiger partial charge in [0.2, 0.25) is 0 Å². The Balaban J connectivity index is 1.78. The van der Waals surface area contributed by atoms with Crippen molar-refractivity contribution in [3.8, 4) is 11.1 Å². The minimum Gasteiger partial charge on any atom is -0.379 e. The Morgan fingerprint density at radius 1 is 1.10 bits per heavy atom. The van der Waals surface area contributed by atoms with Gasteiger partial charge in [0, 0.05) is 37.6 Å². The van der Waals surface area contributed by atoms with Crippen LogP contribution in [0.2, 0.25) is 0 Å². The summed E-state index contributed by atoms with van der Waals surface area (Å²) in [5.74, 6) is 0. The molecular weight excluding hydrogens is 248 g/mol. The van der Waals surface area contributed by atoms with Crippen molar-refractivity contribution in [1.82, 2.24) is 9.88 Å². The highest BCUT2D eigenvalue weighted by atomic mass is 16.5. The first-order valence-electron chi connectivity index (χ1n) is 7.12. The number of aromatic nitrogens is 1. The van der Waals surface area contributed by atoms with Crippen molar-refractivity contribution >= 4 is 0 Å². The van der Waals surface area contributed by atoms with Crippen molar-refractivity contribution in [1.29, 1.82) is 0 Å². The lowest BCUT2D eigenvalue weighted by Crippen LogP contribution is -2.35. The fourth-order valence-electron chi connectivity index (χ4n) is 2.57. The lowest BCUT2D eigenvalue weighted by molar-refractivity contribution is 0.0341. The van der Waals surface area contributed by atoms with E-state index >= 15 is 0 Å². The van der Waals surface area contributed by atoms with Gasteiger partial charge in [0.05, 0.1) is 13.2 Å². The summed E-state index contributed by atoms with van der Waals surface area (Å²) < 4.78 is 5.39. The van der Waals surface area contributed by atoms with Crippen molar-refractivity contribution in [2.45, 2.75) is 13.5 Å². The molecule has 0 spiro atoms. The molecule has 0 radical (unpaired) electrons. The summed E-state index contributed by atoms with van der Waals surface area (Å²) in [5, 5.41) is 0. The van der Waals surface area contributed by atoms with E-state index in [1.807, 2.05) is 12.4 Å². The van der Waals surface area contributed by atoms with Gasteiger partial charge >= 0.3 is 0 Å². The number of nitrogens with zero attached hydrogens (tertiary/aromatic N) is 2. The summed E-state index contributed by atoms with van der Waals surface area (Å²) in [6.45, 7) is 6.77. The summed E-state index contributed by atoms with van der Waals surface area (Å²) in [6, 6.07) is 10.8. The number of morpholine rings is 1. The quantitative estimate of drug-likeness (QED) is 0.856. The molecule has 0 amide bonds. The predicted octanol–water partition coefficient (Wildman–Crippen LogP) is 2.89. The number of hydrogen-bond acceptors (Lipinski definition) is 3. The van der Waals surface area contributed by atoms with Crippen LogP contribution in [0.25, 0.3) is 11.1 Å². The average Bonchev–Trinajstić information content (AvgIpc) is 2.49. The fraction of sp³-hybridized carbons (Fsp3) is 0.353. The highest BCUT2D eigenvalue weighted by molar-refractivity contribution is 5.63. The van der Waals surface area contributed by atoms with E-state index in [0.717, 1.165) is 32.8 Å². The van der Waals surface area contributed by atoms with Crippen LogP contribution in [0.1, 0.15) is 11.1 Å². The van der Waals surface area contributed by atoms with E-state index in [-0.39, 0.29) is 0 Å². The van der Waals surface area contributed by atoms with E-state index in [0.29, 0.717) is 0 Å². The molecule has 1 saturated heterocycles. The molecule has 20 heavy (non-hydrogen) atoms. The van der Waals surface area contributed by atoms with E-state index < -0.39 is 0 Å². The van der Waals surface area contributed by atoms with Crippen LogP contribution in [-0.2, 0) is 11.3 Å². The Kier molecular flexibility index (Phi) is 4.09. The highest BCUT2D eigenvalue weighted by Gasteiger charge is 2.11. The Morgan fingerprint density at radius 2 is 1.95 bits per heavy atom. The van der Waals surface area contributed by atoms with Gasteiger partial charge in [-0.25, -0.2) is 0 Å². The van der Waals surface area contributed by atoms with Crippen molar-refractivity contribution in [2.24, 2.45) is 0 Å². The van der Waals surface area contributed by atoms with E-state index in [2.05, 4.69) is 47.1 Å². The Morgan fingerprint density at radius 3 is 2.75 bits per heavy atom. The normalized spacial score (nSPS) is 16.2. The number of ether oxygens (including phenoxy) is 1. The van der Waals surface area contributed by atoms with Gasteiger partial charge in [-0.1, -0.05) is 29.8 Å². The second-order valence-electron chi connectivity index (χ2n) is 5.34. The first kappa shape index (κ1) is 13.3. The van der Waals surface area contributed by atoms with Crippen molar-refractivity contribution in [2.75, 3.05) is 26.3 Å². The molecule has 2 aromatic rings. The lowest BCUT2D eigenvalue weighted by Gasteiger charge is -2.26. The van der Waals surface area contributed by atoms with Crippen LogP contribution in [0.15, 0.2) is 42.7 Å². The molecule has 0 N–H and O–H groups in total. The molecule has 0 aliphatic carbocycles. The molecule has 1 aromatic carbocycles. The number of pyridine rings is 1. The summed E-state index contributed by atoms with van der Waals surface area (Å²) in [5.41, 5.74) is 4.98. The smallest absolute Gasteiger partial charge is 0.0594 e. The second-order valence-corrected chi connectivity index (χ2v) is 5.34. The molecule has 104 valence electrons. The van der Waals surface area contributed by atoms with Crippen molar-refractivity contribution in [3.05, 3.63) is 53.9 Å². The zero-order chi connectivity index (χ0) is 13.8. The maximum atomic E-state index is 5.39. The molecule has 1 aliphatic rings.